The Hall–Kier alpha value is -1.41. The molecule has 3 rings (SSSR count). The van der Waals surface area contributed by atoms with E-state index in [2.05, 4.69) is 36.2 Å². The van der Waals surface area contributed by atoms with Crippen molar-refractivity contribution in [1.82, 2.24) is 4.98 Å². The summed E-state index contributed by atoms with van der Waals surface area (Å²) in [6, 6.07) is 8.54. The van der Waals surface area contributed by atoms with Crippen LogP contribution in [0.15, 0.2) is 36.7 Å². The lowest BCUT2D eigenvalue weighted by Crippen LogP contribution is -2.41. The molecule has 1 fully saturated rings. The van der Waals surface area contributed by atoms with Crippen molar-refractivity contribution in [2.24, 2.45) is 11.7 Å². The largest absolute Gasteiger partial charge is 0.321 e. The molecule has 2 atom stereocenters. The van der Waals surface area contributed by atoms with Gasteiger partial charge in [0.25, 0.3) is 0 Å². The molecule has 1 heterocycles. The van der Waals surface area contributed by atoms with Gasteiger partial charge in [0, 0.05) is 23.3 Å². The number of rotatable bonds is 2. The average molecular weight is 254 g/mol. The van der Waals surface area contributed by atoms with E-state index in [1.54, 1.807) is 0 Å². The Morgan fingerprint density at radius 3 is 3.11 bits per heavy atom. The smallest absolute Gasteiger partial charge is 0.0419 e. The molecule has 1 aromatic heterocycles. The number of nitrogens with zero attached hydrogens (tertiary/aromatic N) is 1. The number of benzene rings is 1. The van der Waals surface area contributed by atoms with E-state index >= 15 is 0 Å². The van der Waals surface area contributed by atoms with E-state index < -0.39 is 0 Å². The van der Waals surface area contributed by atoms with Crippen LogP contribution in [0.4, 0.5) is 0 Å². The fourth-order valence-electron chi connectivity index (χ4n) is 3.57. The van der Waals surface area contributed by atoms with Crippen molar-refractivity contribution in [3.63, 3.8) is 0 Å². The molecule has 0 aliphatic heterocycles. The zero-order chi connectivity index (χ0) is 13.3. The Kier molecular flexibility index (Phi) is 3.28. The standard InChI is InChI=1S/C17H22N2/c1-2-13-5-4-9-17(18,11-13)16-7-3-6-14-8-10-19-12-15(14)16/h3,6-8,10,12-13H,2,4-5,9,11,18H2,1H3. The number of nitrogens with two attached hydrogens (primary N) is 1. The molecule has 2 N–H and O–H groups in total. The Balaban J connectivity index is 2.07. The van der Waals surface area contributed by atoms with E-state index in [-0.39, 0.29) is 5.54 Å². The van der Waals surface area contributed by atoms with Crippen molar-refractivity contribution >= 4 is 10.8 Å². The molecule has 0 amide bonds. The first-order valence-electron chi connectivity index (χ1n) is 7.35. The van der Waals surface area contributed by atoms with Gasteiger partial charge in [-0.3, -0.25) is 4.98 Å². The molecule has 100 valence electrons. The molecule has 0 radical (unpaired) electrons. The van der Waals surface area contributed by atoms with E-state index in [0.29, 0.717) is 0 Å². The molecule has 2 nitrogen and oxygen atoms in total. The fraction of sp³-hybridized carbons (Fsp3) is 0.471. The van der Waals surface area contributed by atoms with Crippen LogP contribution in [0, 0.1) is 5.92 Å². The van der Waals surface area contributed by atoms with Gasteiger partial charge in [0.15, 0.2) is 0 Å². The van der Waals surface area contributed by atoms with Crippen molar-refractivity contribution in [1.29, 1.82) is 0 Å². The summed E-state index contributed by atoms with van der Waals surface area (Å²) in [6.07, 6.45) is 9.83. The highest BCUT2D eigenvalue weighted by Crippen LogP contribution is 2.41. The van der Waals surface area contributed by atoms with E-state index in [1.165, 1.54) is 35.6 Å². The lowest BCUT2D eigenvalue weighted by Gasteiger charge is -2.39. The van der Waals surface area contributed by atoms with Crippen molar-refractivity contribution < 1.29 is 0 Å². The highest BCUT2D eigenvalue weighted by atomic mass is 14.8. The van der Waals surface area contributed by atoms with Gasteiger partial charge in [0.2, 0.25) is 0 Å². The second-order valence-corrected chi connectivity index (χ2v) is 5.93. The zero-order valence-corrected chi connectivity index (χ0v) is 11.6. The minimum absolute atomic E-state index is 0.165. The lowest BCUT2D eigenvalue weighted by molar-refractivity contribution is 0.223. The summed E-state index contributed by atoms with van der Waals surface area (Å²) >= 11 is 0. The summed E-state index contributed by atoms with van der Waals surface area (Å²) in [5.41, 5.74) is 7.91. The van der Waals surface area contributed by atoms with Gasteiger partial charge in [0.1, 0.15) is 0 Å². The topological polar surface area (TPSA) is 38.9 Å². The van der Waals surface area contributed by atoms with Crippen LogP contribution in [0.3, 0.4) is 0 Å². The van der Waals surface area contributed by atoms with Crippen LogP contribution in [0.2, 0.25) is 0 Å². The molecule has 2 heteroatoms. The third-order valence-electron chi connectivity index (χ3n) is 4.69. The average Bonchev–Trinajstić information content (AvgIpc) is 2.46. The van der Waals surface area contributed by atoms with E-state index in [9.17, 15) is 0 Å². The Bertz CT molecular complexity index is 573. The fourth-order valence-corrected chi connectivity index (χ4v) is 3.57. The van der Waals surface area contributed by atoms with Crippen LogP contribution in [0.1, 0.15) is 44.6 Å². The Labute approximate surface area is 115 Å². The predicted octanol–water partition coefficient (Wildman–Crippen LogP) is 3.99. The first kappa shape index (κ1) is 12.6. The highest BCUT2D eigenvalue weighted by Gasteiger charge is 2.34. The predicted molar refractivity (Wildman–Crippen MR) is 79.9 cm³/mol. The normalized spacial score (nSPS) is 27.6. The third kappa shape index (κ3) is 2.25. The molecule has 1 aliphatic rings. The maximum atomic E-state index is 6.78. The van der Waals surface area contributed by atoms with Crippen molar-refractivity contribution in [2.75, 3.05) is 0 Å². The molecule has 19 heavy (non-hydrogen) atoms. The summed E-state index contributed by atoms with van der Waals surface area (Å²) < 4.78 is 0. The number of hydrogen-bond acceptors (Lipinski definition) is 2. The summed E-state index contributed by atoms with van der Waals surface area (Å²) in [5.74, 6) is 0.769. The van der Waals surface area contributed by atoms with Crippen LogP contribution in [-0.4, -0.2) is 4.98 Å². The zero-order valence-electron chi connectivity index (χ0n) is 11.6. The lowest BCUT2D eigenvalue weighted by atomic mass is 9.71. The minimum Gasteiger partial charge on any atom is -0.321 e. The molecule has 0 bridgehead atoms. The molecule has 1 saturated carbocycles. The van der Waals surface area contributed by atoms with Crippen molar-refractivity contribution in [2.45, 2.75) is 44.6 Å². The molecule has 2 aromatic rings. The quantitative estimate of drug-likeness (QED) is 0.880. The van der Waals surface area contributed by atoms with Crippen LogP contribution in [0.5, 0.6) is 0 Å². The number of fused-ring (bicyclic) bond motifs is 1. The second-order valence-electron chi connectivity index (χ2n) is 5.93. The maximum Gasteiger partial charge on any atom is 0.0419 e. The summed E-state index contributed by atoms with van der Waals surface area (Å²) in [6.45, 7) is 2.28. The Morgan fingerprint density at radius 2 is 2.26 bits per heavy atom. The highest BCUT2D eigenvalue weighted by molar-refractivity contribution is 5.85. The van der Waals surface area contributed by atoms with Crippen LogP contribution >= 0.6 is 0 Å². The van der Waals surface area contributed by atoms with E-state index in [0.717, 1.165) is 18.8 Å². The number of aromatic nitrogens is 1. The van der Waals surface area contributed by atoms with E-state index in [4.69, 9.17) is 5.73 Å². The molecule has 1 aromatic carbocycles. The molecule has 0 spiro atoms. The van der Waals surface area contributed by atoms with Gasteiger partial charge in [-0.05, 0) is 35.8 Å². The molecule has 0 saturated heterocycles. The van der Waals surface area contributed by atoms with Crippen LogP contribution < -0.4 is 5.73 Å². The van der Waals surface area contributed by atoms with Gasteiger partial charge >= 0.3 is 0 Å². The van der Waals surface area contributed by atoms with Gasteiger partial charge in [-0.1, -0.05) is 44.4 Å². The maximum absolute atomic E-state index is 6.78. The van der Waals surface area contributed by atoms with Gasteiger partial charge in [-0.15, -0.1) is 0 Å². The third-order valence-corrected chi connectivity index (χ3v) is 4.69. The second kappa shape index (κ2) is 4.93. The summed E-state index contributed by atoms with van der Waals surface area (Å²) in [5, 5.41) is 2.47. The number of hydrogen-bond donors (Lipinski definition) is 1. The SMILES string of the molecule is CCC1CCCC(N)(c2cccc3ccncc23)C1. The van der Waals surface area contributed by atoms with Gasteiger partial charge < -0.3 is 5.73 Å². The summed E-state index contributed by atoms with van der Waals surface area (Å²) in [7, 11) is 0. The summed E-state index contributed by atoms with van der Waals surface area (Å²) in [4.78, 5) is 4.28. The molecule has 2 unspecified atom stereocenters. The van der Waals surface area contributed by atoms with Gasteiger partial charge in [-0.2, -0.15) is 0 Å². The Morgan fingerprint density at radius 1 is 1.37 bits per heavy atom. The van der Waals surface area contributed by atoms with Gasteiger partial charge in [-0.25, -0.2) is 0 Å². The molecular formula is C17H22N2. The van der Waals surface area contributed by atoms with Gasteiger partial charge in [0.05, 0.1) is 0 Å². The van der Waals surface area contributed by atoms with Crippen molar-refractivity contribution in [3.05, 3.63) is 42.2 Å². The van der Waals surface area contributed by atoms with Crippen LogP contribution in [0.25, 0.3) is 10.8 Å². The van der Waals surface area contributed by atoms with Crippen molar-refractivity contribution in [3.8, 4) is 0 Å². The monoisotopic (exact) mass is 254 g/mol. The first-order valence-corrected chi connectivity index (χ1v) is 7.35. The minimum atomic E-state index is -0.165. The van der Waals surface area contributed by atoms with E-state index in [1.807, 2.05) is 12.4 Å². The molecular weight excluding hydrogens is 232 g/mol. The number of pyridine rings is 1. The van der Waals surface area contributed by atoms with Crippen LogP contribution in [-0.2, 0) is 5.54 Å². The first-order chi connectivity index (χ1) is 9.23. The molecule has 1 aliphatic carbocycles.